The summed E-state index contributed by atoms with van der Waals surface area (Å²) in [5.41, 5.74) is 3.78. The summed E-state index contributed by atoms with van der Waals surface area (Å²) in [7, 11) is 3.01. The van der Waals surface area contributed by atoms with E-state index in [9.17, 15) is 9.59 Å². The van der Waals surface area contributed by atoms with Crippen LogP contribution in [-0.4, -0.2) is 38.9 Å². The average Bonchev–Trinajstić information content (AvgIpc) is 2.94. The van der Waals surface area contributed by atoms with Crippen LogP contribution in [0.4, 0.5) is 0 Å². The highest BCUT2D eigenvalue weighted by atomic mass is 16.5. The van der Waals surface area contributed by atoms with Crippen LogP contribution in [0.15, 0.2) is 84.0 Å². The van der Waals surface area contributed by atoms with Crippen molar-refractivity contribution >= 4 is 28.9 Å². The van der Waals surface area contributed by atoms with E-state index in [1.807, 2.05) is 37.3 Å². The SMILES string of the molecule is CCOc1ccc(C(=O)N/N=C\c2c(OC(=O)c3ccc(OC)c(OC)c3)ccc3ccccc23)cc1. The number of nitrogens with one attached hydrogen (secondary N) is 1. The highest BCUT2D eigenvalue weighted by Crippen LogP contribution is 2.30. The lowest BCUT2D eigenvalue weighted by atomic mass is 10.0. The molecular formula is C29H26N2O6. The van der Waals surface area contributed by atoms with Crippen LogP contribution in [0.5, 0.6) is 23.0 Å². The number of hydrogen-bond donors (Lipinski definition) is 1. The molecule has 0 fully saturated rings. The van der Waals surface area contributed by atoms with Crippen molar-refractivity contribution in [3.05, 3.63) is 95.6 Å². The fourth-order valence-electron chi connectivity index (χ4n) is 3.71. The topological polar surface area (TPSA) is 95.5 Å². The summed E-state index contributed by atoms with van der Waals surface area (Å²) in [5.74, 6) is 0.916. The van der Waals surface area contributed by atoms with Gasteiger partial charge in [-0.1, -0.05) is 30.3 Å². The maximum atomic E-state index is 13.0. The maximum absolute atomic E-state index is 13.0. The number of hydrazone groups is 1. The summed E-state index contributed by atoms with van der Waals surface area (Å²) < 4.78 is 21.7. The van der Waals surface area contributed by atoms with E-state index in [1.54, 1.807) is 48.5 Å². The number of benzene rings is 4. The summed E-state index contributed by atoms with van der Waals surface area (Å²) in [6.45, 7) is 2.43. The van der Waals surface area contributed by atoms with Gasteiger partial charge < -0.3 is 18.9 Å². The molecule has 1 N–H and O–H groups in total. The van der Waals surface area contributed by atoms with E-state index in [-0.39, 0.29) is 17.2 Å². The van der Waals surface area contributed by atoms with Crippen LogP contribution < -0.4 is 24.4 Å². The Morgan fingerprint density at radius 3 is 2.27 bits per heavy atom. The molecule has 0 aromatic heterocycles. The Labute approximate surface area is 214 Å². The number of ether oxygens (including phenoxy) is 4. The molecule has 0 saturated carbocycles. The number of amides is 1. The van der Waals surface area contributed by atoms with Crippen LogP contribution in [0.1, 0.15) is 33.2 Å². The molecule has 0 aliphatic rings. The average molecular weight is 499 g/mol. The highest BCUT2D eigenvalue weighted by molar-refractivity contribution is 6.04. The summed E-state index contributed by atoms with van der Waals surface area (Å²) in [4.78, 5) is 25.5. The number of fused-ring (bicyclic) bond motifs is 1. The molecule has 1 amide bonds. The van der Waals surface area contributed by atoms with Crippen molar-refractivity contribution in [2.45, 2.75) is 6.92 Å². The summed E-state index contributed by atoms with van der Waals surface area (Å²) >= 11 is 0. The second-order valence-corrected chi connectivity index (χ2v) is 7.81. The highest BCUT2D eigenvalue weighted by Gasteiger charge is 2.16. The van der Waals surface area contributed by atoms with Crippen molar-refractivity contribution in [1.29, 1.82) is 0 Å². The molecule has 0 atom stereocenters. The maximum Gasteiger partial charge on any atom is 0.343 e. The number of hydrogen-bond acceptors (Lipinski definition) is 7. The van der Waals surface area contributed by atoms with Crippen molar-refractivity contribution in [3.63, 3.8) is 0 Å². The van der Waals surface area contributed by atoms with Gasteiger partial charge in [0, 0.05) is 11.1 Å². The first-order chi connectivity index (χ1) is 18.0. The van der Waals surface area contributed by atoms with Gasteiger partial charge in [-0.3, -0.25) is 4.79 Å². The zero-order valence-electron chi connectivity index (χ0n) is 20.7. The molecule has 4 rings (SSSR count). The van der Waals surface area contributed by atoms with Crippen LogP contribution in [0.25, 0.3) is 10.8 Å². The molecule has 0 spiro atoms. The molecule has 0 aliphatic carbocycles. The second kappa shape index (κ2) is 11.7. The Bertz CT molecular complexity index is 1450. The normalized spacial score (nSPS) is 10.8. The third-order valence-corrected chi connectivity index (χ3v) is 5.54. The van der Waals surface area contributed by atoms with Crippen LogP contribution in [0.3, 0.4) is 0 Å². The van der Waals surface area contributed by atoms with Crippen LogP contribution in [0.2, 0.25) is 0 Å². The predicted molar refractivity (Wildman–Crippen MR) is 141 cm³/mol. The number of rotatable bonds is 9. The van der Waals surface area contributed by atoms with Gasteiger partial charge in [-0.2, -0.15) is 5.10 Å². The van der Waals surface area contributed by atoms with E-state index >= 15 is 0 Å². The molecule has 8 heteroatoms. The van der Waals surface area contributed by atoms with Gasteiger partial charge >= 0.3 is 5.97 Å². The number of nitrogens with zero attached hydrogens (tertiary/aromatic N) is 1. The largest absolute Gasteiger partial charge is 0.494 e. The molecular weight excluding hydrogens is 472 g/mol. The standard InChI is InChI=1S/C29H26N2O6/c1-4-36-22-13-9-20(10-14-22)28(32)31-30-18-24-23-8-6-5-7-19(23)11-15-25(24)37-29(33)21-12-16-26(34-2)27(17-21)35-3/h5-18H,4H2,1-3H3,(H,31,32)/b30-18-. The molecule has 0 radical (unpaired) electrons. The quantitative estimate of drug-likeness (QED) is 0.147. The monoisotopic (exact) mass is 498 g/mol. The van der Waals surface area contributed by atoms with E-state index < -0.39 is 5.97 Å². The number of carbonyl (C=O) groups is 2. The van der Waals surface area contributed by atoms with E-state index in [1.165, 1.54) is 20.4 Å². The van der Waals surface area contributed by atoms with Crippen molar-refractivity contribution < 1.29 is 28.5 Å². The van der Waals surface area contributed by atoms with Crippen LogP contribution in [-0.2, 0) is 0 Å². The van der Waals surface area contributed by atoms with Gasteiger partial charge in [0.1, 0.15) is 11.5 Å². The predicted octanol–water partition coefficient (Wildman–Crippen LogP) is 5.24. The van der Waals surface area contributed by atoms with Gasteiger partial charge in [0.05, 0.1) is 32.6 Å². The van der Waals surface area contributed by atoms with Crippen LogP contribution >= 0.6 is 0 Å². The molecule has 188 valence electrons. The molecule has 0 aliphatic heterocycles. The minimum Gasteiger partial charge on any atom is -0.494 e. The Hall–Kier alpha value is -4.85. The van der Waals surface area contributed by atoms with Gasteiger partial charge in [-0.05, 0) is 66.2 Å². The minimum absolute atomic E-state index is 0.289. The molecule has 0 heterocycles. The molecule has 4 aromatic rings. The van der Waals surface area contributed by atoms with Gasteiger partial charge in [-0.25, -0.2) is 10.2 Å². The molecule has 4 aromatic carbocycles. The van der Waals surface area contributed by atoms with Gasteiger partial charge in [0.25, 0.3) is 5.91 Å². The van der Waals surface area contributed by atoms with Gasteiger partial charge in [0.2, 0.25) is 0 Å². The Morgan fingerprint density at radius 1 is 0.838 bits per heavy atom. The minimum atomic E-state index is -0.579. The number of esters is 1. The third-order valence-electron chi connectivity index (χ3n) is 5.54. The lowest BCUT2D eigenvalue weighted by Gasteiger charge is -2.12. The molecule has 0 bridgehead atoms. The van der Waals surface area contributed by atoms with Gasteiger partial charge in [-0.15, -0.1) is 0 Å². The third kappa shape index (κ3) is 5.87. The zero-order valence-corrected chi connectivity index (χ0v) is 20.7. The Morgan fingerprint density at radius 2 is 1.54 bits per heavy atom. The van der Waals surface area contributed by atoms with E-state index in [0.29, 0.717) is 35.0 Å². The fourth-order valence-corrected chi connectivity index (χ4v) is 3.71. The van der Waals surface area contributed by atoms with Crippen molar-refractivity contribution in [1.82, 2.24) is 5.43 Å². The summed E-state index contributed by atoms with van der Waals surface area (Å²) in [5, 5.41) is 5.86. The van der Waals surface area contributed by atoms with E-state index in [0.717, 1.165) is 10.8 Å². The Kier molecular flexibility index (Phi) is 8.00. The smallest absolute Gasteiger partial charge is 0.343 e. The summed E-state index contributed by atoms with van der Waals surface area (Å²) in [6, 6.07) is 22.7. The zero-order chi connectivity index (χ0) is 26.2. The number of carbonyl (C=O) groups excluding carboxylic acids is 2. The molecule has 8 nitrogen and oxygen atoms in total. The summed E-state index contributed by atoms with van der Waals surface area (Å²) in [6.07, 6.45) is 1.46. The molecule has 0 unspecified atom stereocenters. The van der Waals surface area contributed by atoms with E-state index in [2.05, 4.69) is 10.5 Å². The van der Waals surface area contributed by atoms with Gasteiger partial charge in [0.15, 0.2) is 11.5 Å². The van der Waals surface area contributed by atoms with Crippen molar-refractivity contribution in [2.24, 2.45) is 5.10 Å². The Balaban J connectivity index is 1.58. The second-order valence-electron chi connectivity index (χ2n) is 7.81. The lowest BCUT2D eigenvalue weighted by Crippen LogP contribution is -2.17. The van der Waals surface area contributed by atoms with Crippen molar-refractivity contribution in [3.8, 4) is 23.0 Å². The first-order valence-corrected chi connectivity index (χ1v) is 11.6. The fraction of sp³-hybridized carbons (Fsp3) is 0.138. The van der Waals surface area contributed by atoms with E-state index in [4.69, 9.17) is 18.9 Å². The first-order valence-electron chi connectivity index (χ1n) is 11.6. The first kappa shape index (κ1) is 25.2. The lowest BCUT2D eigenvalue weighted by molar-refractivity contribution is 0.0734. The number of methoxy groups -OCH3 is 2. The molecule has 0 saturated heterocycles. The van der Waals surface area contributed by atoms with Crippen molar-refractivity contribution in [2.75, 3.05) is 20.8 Å². The molecule has 37 heavy (non-hydrogen) atoms. The van der Waals surface area contributed by atoms with Crippen LogP contribution in [0, 0.1) is 0 Å².